The molecular formula is C8H10F3N3O2S. The molecule has 0 saturated heterocycles. The zero-order valence-electron chi connectivity index (χ0n) is 9.00. The Bertz CT molecular complexity index is 420. The average Bonchev–Trinajstić information content (AvgIpc) is 2.63. The van der Waals surface area contributed by atoms with Crippen molar-refractivity contribution in [1.82, 2.24) is 9.36 Å². The molecule has 96 valence electrons. The van der Waals surface area contributed by atoms with Crippen molar-refractivity contribution in [3.8, 4) is 0 Å². The van der Waals surface area contributed by atoms with E-state index in [4.69, 9.17) is 5.11 Å². The minimum Gasteiger partial charge on any atom is -0.479 e. The lowest BCUT2D eigenvalue weighted by Crippen LogP contribution is -2.55. The van der Waals surface area contributed by atoms with E-state index in [0.717, 1.165) is 0 Å². The number of alkyl halides is 3. The number of carboxylic acids is 1. The molecule has 1 aromatic rings. The lowest BCUT2D eigenvalue weighted by molar-refractivity contribution is -0.192. The van der Waals surface area contributed by atoms with E-state index in [0.29, 0.717) is 30.7 Å². The molecule has 0 radical (unpaired) electrons. The standard InChI is InChI=1S/C8H10F3N3O2S/c1-3-4-12-6(17-14-4)13-7(2,5(15)16)8(9,10)11/h3H2,1-2H3,(H,15,16)(H,12,13,14). The Morgan fingerprint density at radius 3 is 2.47 bits per heavy atom. The predicted molar refractivity (Wildman–Crippen MR) is 55.0 cm³/mol. The van der Waals surface area contributed by atoms with Gasteiger partial charge >= 0.3 is 12.1 Å². The fraction of sp³-hybridized carbons (Fsp3) is 0.625. The maximum Gasteiger partial charge on any atom is 0.422 e. The van der Waals surface area contributed by atoms with Gasteiger partial charge in [-0.1, -0.05) is 6.92 Å². The molecule has 0 aliphatic rings. The summed E-state index contributed by atoms with van der Waals surface area (Å²) in [7, 11) is 0. The number of hydrogen-bond donors (Lipinski definition) is 2. The Hall–Kier alpha value is -1.38. The molecule has 1 atom stereocenters. The van der Waals surface area contributed by atoms with Crippen LogP contribution < -0.4 is 5.32 Å². The molecule has 9 heteroatoms. The number of hydrogen-bond acceptors (Lipinski definition) is 5. The summed E-state index contributed by atoms with van der Waals surface area (Å²) in [6, 6.07) is 0. The number of nitrogens with zero attached hydrogens (tertiary/aromatic N) is 2. The number of halogens is 3. The summed E-state index contributed by atoms with van der Waals surface area (Å²) in [4.78, 5) is 14.5. The monoisotopic (exact) mass is 269 g/mol. The molecule has 1 aromatic heterocycles. The van der Waals surface area contributed by atoms with E-state index in [2.05, 4.69) is 9.36 Å². The van der Waals surface area contributed by atoms with Gasteiger partial charge in [0.25, 0.3) is 0 Å². The molecule has 0 amide bonds. The number of nitrogens with one attached hydrogen (secondary N) is 1. The first kappa shape index (κ1) is 13.7. The first-order valence-electron chi connectivity index (χ1n) is 4.61. The molecule has 0 bridgehead atoms. The summed E-state index contributed by atoms with van der Waals surface area (Å²) in [5.41, 5.74) is -3.07. The molecule has 2 N–H and O–H groups in total. The van der Waals surface area contributed by atoms with Crippen molar-refractivity contribution >= 4 is 22.6 Å². The van der Waals surface area contributed by atoms with E-state index in [1.54, 1.807) is 6.92 Å². The van der Waals surface area contributed by atoms with Crippen LogP contribution in [-0.4, -0.2) is 32.1 Å². The molecule has 0 aliphatic heterocycles. The summed E-state index contributed by atoms with van der Waals surface area (Å²) in [5.74, 6) is -1.65. The molecule has 1 rings (SSSR count). The Morgan fingerprint density at radius 1 is 1.53 bits per heavy atom. The summed E-state index contributed by atoms with van der Waals surface area (Å²) in [5, 5.41) is 10.4. The molecule has 17 heavy (non-hydrogen) atoms. The third kappa shape index (κ3) is 2.65. The van der Waals surface area contributed by atoms with E-state index in [1.165, 1.54) is 0 Å². The average molecular weight is 269 g/mol. The van der Waals surface area contributed by atoms with Gasteiger partial charge in [0.05, 0.1) is 0 Å². The van der Waals surface area contributed by atoms with E-state index in [1.807, 2.05) is 5.32 Å². The minimum absolute atomic E-state index is 0.163. The zero-order valence-corrected chi connectivity index (χ0v) is 9.82. The quantitative estimate of drug-likeness (QED) is 0.873. The van der Waals surface area contributed by atoms with Crippen molar-refractivity contribution in [2.45, 2.75) is 32.0 Å². The Kier molecular flexibility index (Phi) is 3.60. The number of aromatic nitrogens is 2. The molecule has 5 nitrogen and oxygen atoms in total. The van der Waals surface area contributed by atoms with Gasteiger partial charge in [-0.15, -0.1) is 0 Å². The van der Waals surface area contributed by atoms with E-state index < -0.39 is 17.7 Å². The first-order valence-corrected chi connectivity index (χ1v) is 5.39. The maximum absolute atomic E-state index is 12.6. The third-order valence-corrected chi connectivity index (χ3v) is 2.80. The van der Waals surface area contributed by atoms with Gasteiger partial charge < -0.3 is 10.4 Å². The van der Waals surface area contributed by atoms with Crippen LogP contribution in [0.2, 0.25) is 0 Å². The summed E-state index contributed by atoms with van der Waals surface area (Å²) in [6.45, 7) is 2.29. The van der Waals surface area contributed by atoms with Gasteiger partial charge in [-0.05, 0) is 6.92 Å². The highest BCUT2D eigenvalue weighted by Crippen LogP contribution is 2.34. The number of carbonyl (C=O) groups is 1. The van der Waals surface area contributed by atoms with Gasteiger partial charge in [-0.3, -0.25) is 0 Å². The largest absolute Gasteiger partial charge is 0.479 e. The normalized spacial score (nSPS) is 15.4. The Morgan fingerprint density at radius 2 is 2.12 bits per heavy atom. The summed E-state index contributed by atoms with van der Waals surface area (Å²) in [6.07, 6.45) is -4.47. The predicted octanol–water partition coefficient (Wildman–Crippen LogP) is 1.92. The minimum atomic E-state index is -4.93. The fourth-order valence-electron chi connectivity index (χ4n) is 0.908. The summed E-state index contributed by atoms with van der Waals surface area (Å²) >= 11 is 0.699. The highest BCUT2D eigenvalue weighted by Gasteiger charge is 2.58. The highest BCUT2D eigenvalue weighted by molar-refractivity contribution is 7.09. The van der Waals surface area contributed by atoms with Crippen molar-refractivity contribution < 1.29 is 23.1 Å². The van der Waals surface area contributed by atoms with Crippen molar-refractivity contribution in [2.24, 2.45) is 0 Å². The van der Waals surface area contributed by atoms with Gasteiger partial charge in [-0.25, -0.2) is 9.78 Å². The molecule has 1 unspecified atom stereocenters. The Balaban J connectivity index is 2.99. The number of anilines is 1. The zero-order chi connectivity index (χ0) is 13.3. The fourth-order valence-corrected chi connectivity index (χ4v) is 1.67. The van der Waals surface area contributed by atoms with Gasteiger partial charge in [0.15, 0.2) is 0 Å². The summed E-state index contributed by atoms with van der Waals surface area (Å²) < 4.78 is 41.7. The lowest BCUT2D eigenvalue weighted by Gasteiger charge is -2.27. The van der Waals surface area contributed by atoms with E-state index in [-0.39, 0.29) is 5.13 Å². The van der Waals surface area contributed by atoms with Gasteiger partial charge in [0.2, 0.25) is 10.7 Å². The topological polar surface area (TPSA) is 75.1 Å². The van der Waals surface area contributed by atoms with Crippen LogP contribution in [0.15, 0.2) is 0 Å². The van der Waals surface area contributed by atoms with Crippen LogP contribution in [0.5, 0.6) is 0 Å². The molecule has 0 spiro atoms. The lowest BCUT2D eigenvalue weighted by atomic mass is 10.0. The third-order valence-electron chi connectivity index (χ3n) is 2.14. The van der Waals surface area contributed by atoms with Crippen molar-refractivity contribution in [3.63, 3.8) is 0 Å². The number of carboxylic acid groups (broad SMARTS) is 1. The van der Waals surface area contributed by atoms with Crippen molar-refractivity contribution in [3.05, 3.63) is 5.82 Å². The maximum atomic E-state index is 12.6. The second-order valence-electron chi connectivity index (χ2n) is 3.42. The van der Waals surface area contributed by atoms with Crippen LogP contribution in [0.25, 0.3) is 0 Å². The highest BCUT2D eigenvalue weighted by atomic mass is 32.1. The van der Waals surface area contributed by atoms with Crippen molar-refractivity contribution in [2.75, 3.05) is 5.32 Å². The van der Waals surface area contributed by atoms with E-state index in [9.17, 15) is 18.0 Å². The molecule has 0 fully saturated rings. The van der Waals surface area contributed by atoms with Crippen molar-refractivity contribution in [1.29, 1.82) is 0 Å². The van der Waals surface area contributed by atoms with Crippen LogP contribution in [0, 0.1) is 0 Å². The Labute approximate surface area is 98.8 Å². The van der Waals surface area contributed by atoms with Gasteiger partial charge in [-0.2, -0.15) is 17.5 Å². The number of rotatable bonds is 4. The molecule has 0 aromatic carbocycles. The smallest absolute Gasteiger partial charge is 0.422 e. The molecule has 0 saturated carbocycles. The second-order valence-corrected chi connectivity index (χ2v) is 4.17. The molecular weight excluding hydrogens is 259 g/mol. The molecule has 1 heterocycles. The van der Waals surface area contributed by atoms with Crippen LogP contribution >= 0.6 is 11.5 Å². The van der Waals surface area contributed by atoms with Crippen LogP contribution in [0.1, 0.15) is 19.7 Å². The van der Waals surface area contributed by atoms with E-state index >= 15 is 0 Å². The van der Waals surface area contributed by atoms with Gasteiger partial charge in [0, 0.05) is 18.0 Å². The SMILES string of the molecule is CCc1nsc(NC(C)(C(=O)O)C(F)(F)F)n1. The number of aliphatic carboxylic acids is 1. The number of aryl methyl sites for hydroxylation is 1. The van der Waals surface area contributed by atoms with Crippen LogP contribution in [0.3, 0.4) is 0 Å². The van der Waals surface area contributed by atoms with Crippen LogP contribution in [0.4, 0.5) is 18.3 Å². The first-order chi connectivity index (χ1) is 7.70. The van der Waals surface area contributed by atoms with Crippen LogP contribution in [-0.2, 0) is 11.2 Å². The van der Waals surface area contributed by atoms with Gasteiger partial charge in [0.1, 0.15) is 5.82 Å². The second kappa shape index (κ2) is 4.47. The molecule has 0 aliphatic carbocycles.